The summed E-state index contributed by atoms with van der Waals surface area (Å²) in [6.07, 6.45) is 0.845. The van der Waals surface area contributed by atoms with Gasteiger partial charge >= 0.3 is 0 Å². The molecule has 0 aliphatic rings. The van der Waals surface area contributed by atoms with Crippen LogP contribution >= 0.6 is 0 Å². The first kappa shape index (κ1) is 15.4. The van der Waals surface area contributed by atoms with Crippen molar-refractivity contribution in [2.75, 3.05) is 12.3 Å². The molecule has 106 valence electrons. The molecule has 3 N–H and O–H groups in total. The Hall–Kier alpha value is -1.67. The topological polar surface area (TPSA) is 115 Å². The number of nitrogens with zero attached hydrogens (tertiary/aromatic N) is 1. The summed E-state index contributed by atoms with van der Waals surface area (Å²) in [6, 6.07) is 3.30. The van der Waals surface area contributed by atoms with Crippen molar-refractivity contribution in [1.82, 2.24) is 4.72 Å². The number of nitro benzene ring substituents is 1. The number of hydrogen-bond donors (Lipinski definition) is 2. The van der Waals surface area contributed by atoms with Crippen molar-refractivity contribution in [1.29, 1.82) is 0 Å². The number of benzene rings is 1. The van der Waals surface area contributed by atoms with Gasteiger partial charge in [0.05, 0.1) is 10.6 Å². The molecule has 0 amide bonds. The van der Waals surface area contributed by atoms with E-state index < -0.39 is 14.9 Å². The number of nitro groups is 1. The summed E-state index contributed by atoms with van der Waals surface area (Å²) in [4.78, 5) is 9.79. The van der Waals surface area contributed by atoms with E-state index >= 15 is 0 Å². The van der Waals surface area contributed by atoms with E-state index in [1.54, 1.807) is 0 Å². The van der Waals surface area contributed by atoms with Crippen LogP contribution in [0.3, 0.4) is 0 Å². The normalized spacial score (nSPS) is 13.2. The van der Waals surface area contributed by atoms with Crippen LogP contribution in [0.4, 0.5) is 11.4 Å². The number of nitrogen functional groups attached to an aromatic ring is 1. The number of anilines is 1. The average Bonchev–Trinajstić information content (AvgIpc) is 2.35. The van der Waals surface area contributed by atoms with Gasteiger partial charge in [0, 0.05) is 18.7 Å². The second-order valence-corrected chi connectivity index (χ2v) is 6.08. The van der Waals surface area contributed by atoms with Gasteiger partial charge in [0.2, 0.25) is 10.0 Å². The summed E-state index contributed by atoms with van der Waals surface area (Å²) in [5, 5.41) is 10.6. The van der Waals surface area contributed by atoms with Crippen molar-refractivity contribution >= 4 is 21.4 Å². The quantitative estimate of drug-likeness (QED) is 0.467. The second-order valence-electron chi connectivity index (χ2n) is 4.34. The Balaban J connectivity index is 2.99. The van der Waals surface area contributed by atoms with Crippen LogP contribution in [0.25, 0.3) is 0 Å². The highest BCUT2D eigenvalue weighted by Gasteiger charge is 2.20. The fourth-order valence-corrected chi connectivity index (χ4v) is 2.64. The van der Waals surface area contributed by atoms with Crippen molar-refractivity contribution in [3.63, 3.8) is 0 Å². The maximum absolute atomic E-state index is 12.0. The van der Waals surface area contributed by atoms with Gasteiger partial charge in [-0.2, -0.15) is 0 Å². The van der Waals surface area contributed by atoms with Gasteiger partial charge in [0.25, 0.3) is 5.69 Å². The third-order valence-corrected chi connectivity index (χ3v) is 4.31. The Morgan fingerprint density at radius 3 is 2.58 bits per heavy atom. The van der Waals surface area contributed by atoms with Crippen LogP contribution in [-0.2, 0) is 10.0 Å². The highest BCUT2D eigenvalue weighted by molar-refractivity contribution is 7.89. The molecule has 0 heterocycles. The van der Waals surface area contributed by atoms with E-state index in [9.17, 15) is 18.5 Å². The van der Waals surface area contributed by atoms with E-state index in [1.165, 1.54) is 0 Å². The summed E-state index contributed by atoms with van der Waals surface area (Å²) >= 11 is 0. The maximum atomic E-state index is 12.0. The summed E-state index contributed by atoms with van der Waals surface area (Å²) in [5.74, 6) is 0.203. The monoisotopic (exact) mass is 287 g/mol. The molecule has 0 aliphatic carbocycles. The lowest BCUT2D eigenvalue weighted by atomic mass is 10.1. The molecule has 7 nitrogen and oxygen atoms in total. The molecule has 1 atom stereocenters. The second kappa shape index (κ2) is 5.98. The fourth-order valence-electron chi connectivity index (χ4n) is 1.37. The zero-order valence-electron chi connectivity index (χ0n) is 10.8. The highest BCUT2D eigenvalue weighted by Crippen LogP contribution is 2.23. The minimum Gasteiger partial charge on any atom is -0.397 e. The first-order chi connectivity index (χ1) is 8.77. The van der Waals surface area contributed by atoms with Crippen LogP contribution in [0.2, 0.25) is 0 Å². The Bertz CT molecular complexity index is 571. The number of nitrogens with one attached hydrogen (secondary N) is 1. The molecule has 0 aliphatic heterocycles. The van der Waals surface area contributed by atoms with Gasteiger partial charge in [-0.1, -0.05) is 20.3 Å². The van der Waals surface area contributed by atoms with Crippen molar-refractivity contribution in [3.05, 3.63) is 28.3 Å². The SMILES string of the molecule is CCC(C)CNS(=O)(=O)c1ccc([N+](=O)[O-])cc1N. The molecule has 0 bridgehead atoms. The van der Waals surface area contributed by atoms with Gasteiger partial charge in [0.1, 0.15) is 4.90 Å². The van der Waals surface area contributed by atoms with Crippen LogP contribution in [0.1, 0.15) is 20.3 Å². The molecule has 1 aromatic carbocycles. The van der Waals surface area contributed by atoms with E-state index in [-0.39, 0.29) is 22.2 Å². The van der Waals surface area contributed by atoms with Crippen LogP contribution in [-0.4, -0.2) is 19.9 Å². The molecule has 0 fully saturated rings. The van der Waals surface area contributed by atoms with Crippen LogP contribution < -0.4 is 10.5 Å². The zero-order chi connectivity index (χ0) is 14.6. The lowest BCUT2D eigenvalue weighted by molar-refractivity contribution is -0.384. The Morgan fingerprint density at radius 1 is 1.47 bits per heavy atom. The van der Waals surface area contributed by atoms with Crippen molar-refractivity contribution < 1.29 is 13.3 Å². The number of hydrogen-bond acceptors (Lipinski definition) is 5. The van der Waals surface area contributed by atoms with Crippen LogP contribution in [0.5, 0.6) is 0 Å². The van der Waals surface area contributed by atoms with Crippen molar-refractivity contribution in [2.45, 2.75) is 25.2 Å². The molecule has 0 radical (unpaired) electrons. The zero-order valence-corrected chi connectivity index (χ0v) is 11.6. The molecule has 8 heteroatoms. The first-order valence-corrected chi connectivity index (χ1v) is 7.29. The molecule has 0 spiro atoms. The van der Waals surface area contributed by atoms with Gasteiger partial charge in [-0.05, 0) is 12.0 Å². The predicted molar refractivity (Wildman–Crippen MR) is 72.2 cm³/mol. The van der Waals surface area contributed by atoms with Crippen LogP contribution in [0, 0.1) is 16.0 Å². The average molecular weight is 287 g/mol. The van der Waals surface area contributed by atoms with E-state index in [2.05, 4.69) is 4.72 Å². The summed E-state index contributed by atoms with van der Waals surface area (Å²) in [5.41, 5.74) is 5.19. The lowest BCUT2D eigenvalue weighted by Crippen LogP contribution is -2.28. The minimum atomic E-state index is -3.74. The first-order valence-electron chi connectivity index (χ1n) is 5.81. The molecule has 1 aromatic rings. The minimum absolute atomic E-state index is 0.133. The Kier molecular flexibility index (Phi) is 4.84. The van der Waals surface area contributed by atoms with E-state index in [0.717, 1.165) is 24.6 Å². The number of sulfonamides is 1. The van der Waals surface area contributed by atoms with Crippen LogP contribution in [0.15, 0.2) is 23.1 Å². The van der Waals surface area contributed by atoms with E-state index in [0.29, 0.717) is 6.54 Å². The number of rotatable bonds is 6. The molecule has 0 aromatic heterocycles. The number of non-ortho nitro benzene ring substituents is 1. The summed E-state index contributed by atoms with van der Waals surface area (Å²) < 4.78 is 26.4. The van der Waals surface area contributed by atoms with Gasteiger partial charge in [-0.3, -0.25) is 10.1 Å². The standard InChI is InChI=1S/C11H17N3O4S/c1-3-8(2)7-13-19(17,18)11-5-4-9(14(15)16)6-10(11)12/h4-6,8,13H,3,7,12H2,1-2H3. The molecular formula is C11H17N3O4S. The summed E-state index contributed by atoms with van der Waals surface area (Å²) in [6.45, 7) is 4.18. The van der Waals surface area contributed by atoms with Crippen molar-refractivity contribution in [2.24, 2.45) is 5.92 Å². The molecule has 1 rings (SSSR count). The van der Waals surface area contributed by atoms with Gasteiger partial charge in [0.15, 0.2) is 0 Å². The highest BCUT2D eigenvalue weighted by atomic mass is 32.2. The number of nitrogens with two attached hydrogens (primary N) is 1. The Labute approximate surface area is 112 Å². The maximum Gasteiger partial charge on any atom is 0.271 e. The molecule has 0 saturated carbocycles. The van der Waals surface area contributed by atoms with Gasteiger partial charge < -0.3 is 5.73 Å². The van der Waals surface area contributed by atoms with Crippen molar-refractivity contribution in [3.8, 4) is 0 Å². The van der Waals surface area contributed by atoms with E-state index in [4.69, 9.17) is 5.73 Å². The van der Waals surface area contributed by atoms with Gasteiger partial charge in [-0.25, -0.2) is 13.1 Å². The third kappa shape index (κ3) is 3.90. The predicted octanol–water partition coefficient (Wildman–Crippen LogP) is 1.50. The third-order valence-electron chi connectivity index (χ3n) is 2.81. The smallest absolute Gasteiger partial charge is 0.271 e. The molecular weight excluding hydrogens is 270 g/mol. The molecule has 19 heavy (non-hydrogen) atoms. The van der Waals surface area contributed by atoms with Gasteiger partial charge in [-0.15, -0.1) is 0 Å². The largest absolute Gasteiger partial charge is 0.397 e. The lowest BCUT2D eigenvalue weighted by Gasteiger charge is -2.12. The fraction of sp³-hybridized carbons (Fsp3) is 0.455. The molecule has 1 unspecified atom stereocenters. The molecule has 0 saturated heterocycles. The summed E-state index contributed by atoms with van der Waals surface area (Å²) in [7, 11) is -3.74. The van der Waals surface area contributed by atoms with E-state index in [1.807, 2.05) is 13.8 Å². The Morgan fingerprint density at radius 2 is 2.11 bits per heavy atom.